The summed E-state index contributed by atoms with van der Waals surface area (Å²) in [7, 11) is -3.57. The van der Waals surface area contributed by atoms with Crippen LogP contribution >= 0.6 is 23.4 Å². The number of thioether (sulfide) groups is 1. The summed E-state index contributed by atoms with van der Waals surface area (Å²) < 4.78 is 27.3. The van der Waals surface area contributed by atoms with Crippen molar-refractivity contribution >= 4 is 56.0 Å². The molecule has 0 spiro atoms. The molecule has 2 heterocycles. The first-order valence-corrected chi connectivity index (χ1v) is 11.8. The number of sulfonamides is 1. The molecule has 1 amide bonds. The number of halogens is 1. The first-order chi connectivity index (χ1) is 13.9. The zero-order valence-electron chi connectivity index (χ0n) is 15.6. The lowest BCUT2D eigenvalue weighted by Crippen LogP contribution is -2.24. The van der Waals surface area contributed by atoms with E-state index in [1.807, 2.05) is 6.92 Å². The number of rotatable bonds is 9. The number of aromatic nitrogens is 3. The summed E-state index contributed by atoms with van der Waals surface area (Å²) in [5.74, 6) is -0.150. The molecule has 154 valence electrons. The van der Waals surface area contributed by atoms with Gasteiger partial charge in [-0.05, 0) is 36.8 Å². The quantitative estimate of drug-likeness (QED) is 0.259. The van der Waals surface area contributed by atoms with Crippen molar-refractivity contribution in [3.05, 3.63) is 41.7 Å². The lowest BCUT2D eigenvalue weighted by Gasteiger charge is -2.05. The van der Waals surface area contributed by atoms with Gasteiger partial charge >= 0.3 is 0 Å². The summed E-state index contributed by atoms with van der Waals surface area (Å²) >= 11 is 7.13. The smallest absolute Gasteiger partial charge is 0.240 e. The number of aromatic amines is 1. The van der Waals surface area contributed by atoms with Crippen LogP contribution in [0.15, 0.2) is 46.6 Å². The molecule has 1 aromatic carbocycles. The van der Waals surface area contributed by atoms with Crippen LogP contribution < -0.4 is 10.0 Å². The van der Waals surface area contributed by atoms with Crippen LogP contribution in [0.25, 0.3) is 11.0 Å². The summed E-state index contributed by atoms with van der Waals surface area (Å²) in [6.07, 6.45) is 3.22. The number of carbonyl (C=O) groups excluding carboxylic acids is 1. The number of carbonyl (C=O) groups is 1. The number of hydrogen-bond donors (Lipinski definition) is 3. The Morgan fingerprint density at radius 3 is 2.90 bits per heavy atom. The number of nitrogens with zero attached hydrogens (tertiary/aromatic N) is 2. The van der Waals surface area contributed by atoms with E-state index in [1.165, 1.54) is 30.1 Å². The summed E-state index contributed by atoms with van der Waals surface area (Å²) in [5, 5.41) is 3.42. The Labute approximate surface area is 177 Å². The second kappa shape index (κ2) is 9.57. The highest BCUT2D eigenvalue weighted by atomic mass is 35.5. The minimum absolute atomic E-state index is 0.106. The van der Waals surface area contributed by atoms with Crippen molar-refractivity contribution in [1.82, 2.24) is 19.7 Å². The number of pyridine rings is 1. The Morgan fingerprint density at radius 2 is 2.14 bits per heavy atom. The molecule has 0 aliphatic carbocycles. The van der Waals surface area contributed by atoms with Crippen LogP contribution in [0.4, 0.5) is 5.69 Å². The van der Waals surface area contributed by atoms with Crippen molar-refractivity contribution in [3.63, 3.8) is 0 Å². The fourth-order valence-corrected chi connectivity index (χ4v) is 4.42. The average Bonchev–Trinajstić information content (AvgIpc) is 3.10. The van der Waals surface area contributed by atoms with E-state index in [-0.39, 0.29) is 21.7 Å². The van der Waals surface area contributed by atoms with Crippen LogP contribution in [-0.4, -0.2) is 41.6 Å². The number of H-pyrrole nitrogens is 1. The molecule has 0 atom stereocenters. The number of hydrogen-bond acceptors (Lipinski definition) is 6. The highest BCUT2D eigenvalue weighted by molar-refractivity contribution is 7.99. The van der Waals surface area contributed by atoms with Crippen LogP contribution in [0.3, 0.4) is 0 Å². The van der Waals surface area contributed by atoms with E-state index in [4.69, 9.17) is 11.6 Å². The predicted octanol–water partition coefficient (Wildman–Crippen LogP) is 3.42. The first kappa shape index (κ1) is 21.6. The van der Waals surface area contributed by atoms with Crippen molar-refractivity contribution in [2.45, 2.75) is 29.8 Å². The number of fused-ring (bicyclic) bond motifs is 1. The van der Waals surface area contributed by atoms with Crippen LogP contribution in [0.2, 0.25) is 5.15 Å². The molecule has 11 heteroatoms. The van der Waals surface area contributed by atoms with E-state index in [1.54, 1.807) is 18.2 Å². The van der Waals surface area contributed by atoms with Crippen LogP contribution in [-0.2, 0) is 14.8 Å². The molecule has 0 fully saturated rings. The maximum absolute atomic E-state index is 12.4. The molecule has 2 aromatic heterocycles. The molecule has 0 radical (unpaired) electrons. The van der Waals surface area contributed by atoms with Gasteiger partial charge in [0.15, 0.2) is 10.3 Å². The molecule has 0 bridgehead atoms. The zero-order valence-corrected chi connectivity index (χ0v) is 18.0. The Kier molecular flexibility index (Phi) is 7.12. The number of unbranched alkanes of at least 4 members (excludes halogenated alkanes) is 1. The van der Waals surface area contributed by atoms with E-state index in [0.29, 0.717) is 28.4 Å². The van der Waals surface area contributed by atoms with E-state index >= 15 is 0 Å². The zero-order chi connectivity index (χ0) is 20.9. The second-order valence-corrected chi connectivity index (χ2v) is 9.24. The fraction of sp³-hybridized carbons (Fsp3) is 0.278. The van der Waals surface area contributed by atoms with E-state index in [0.717, 1.165) is 12.8 Å². The van der Waals surface area contributed by atoms with E-state index < -0.39 is 10.0 Å². The van der Waals surface area contributed by atoms with Gasteiger partial charge in [0.1, 0.15) is 0 Å². The van der Waals surface area contributed by atoms with Gasteiger partial charge in [0.2, 0.25) is 15.9 Å². The van der Waals surface area contributed by atoms with Crippen LogP contribution in [0.5, 0.6) is 0 Å². The number of amides is 1. The SMILES string of the molecule is CCCCNS(=O)(=O)c1ccc2nc(SCC(=O)Nc3cccnc3Cl)[nH]c2c1. The van der Waals surface area contributed by atoms with Gasteiger partial charge in [0, 0.05) is 12.7 Å². The molecule has 0 aliphatic heterocycles. The van der Waals surface area contributed by atoms with Gasteiger partial charge in [-0.15, -0.1) is 0 Å². The van der Waals surface area contributed by atoms with Crippen molar-refractivity contribution in [2.24, 2.45) is 0 Å². The molecular formula is C18H20ClN5O3S2. The first-order valence-electron chi connectivity index (χ1n) is 8.91. The van der Waals surface area contributed by atoms with Gasteiger partial charge in [0.05, 0.1) is 27.4 Å². The third-order valence-electron chi connectivity index (χ3n) is 3.94. The maximum Gasteiger partial charge on any atom is 0.240 e. The predicted molar refractivity (Wildman–Crippen MR) is 115 cm³/mol. The highest BCUT2D eigenvalue weighted by Gasteiger charge is 2.15. The van der Waals surface area contributed by atoms with Crippen molar-refractivity contribution < 1.29 is 13.2 Å². The molecule has 3 N–H and O–H groups in total. The van der Waals surface area contributed by atoms with Crippen molar-refractivity contribution in [2.75, 3.05) is 17.6 Å². The molecule has 0 saturated heterocycles. The molecule has 0 aliphatic rings. The lowest BCUT2D eigenvalue weighted by atomic mass is 10.3. The second-order valence-electron chi connectivity index (χ2n) is 6.15. The number of nitrogens with one attached hydrogen (secondary N) is 3. The van der Waals surface area contributed by atoms with Crippen LogP contribution in [0, 0.1) is 0 Å². The standard InChI is InChI=1S/C18H20ClN5O3S2/c1-2-3-9-21-29(26,27)12-6-7-13-15(10-12)24-18(23-13)28-11-16(25)22-14-5-4-8-20-17(14)19/h4-8,10,21H,2-3,9,11H2,1H3,(H,22,25)(H,23,24). The lowest BCUT2D eigenvalue weighted by molar-refractivity contribution is -0.113. The highest BCUT2D eigenvalue weighted by Crippen LogP contribution is 2.23. The Hall–Kier alpha value is -2.14. The largest absolute Gasteiger partial charge is 0.333 e. The summed E-state index contributed by atoms with van der Waals surface area (Å²) in [6, 6.07) is 8.03. The molecular weight excluding hydrogens is 434 g/mol. The summed E-state index contributed by atoms with van der Waals surface area (Å²) in [4.78, 5) is 23.6. The Morgan fingerprint density at radius 1 is 1.31 bits per heavy atom. The minimum atomic E-state index is -3.57. The van der Waals surface area contributed by atoms with Gasteiger partial charge in [-0.1, -0.05) is 36.7 Å². The maximum atomic E-state index is 12.4. The van der Waals surface area contributed by atoms with Crippen molar-refractivity contribution in [1.29, 1.82) is 0 Å². The Balaban J connectivity index is 1.65. The molecule has 8 nitrogen and oxygen atoms in total. The van der Waals surface area contributed by atoms with Gasteiger partial charge in [-0.2, -0.15) is 0 Å². The summed E-state index contributed by atoms with van der Waals surface area (Å²) in [6.45, 7) is 2.40. The molecule has 3 rings (SSSR count). The third kappa shape index (κ3) is 5.69. The monoisotopic (exact) mass is 453 g/mol. The number of benzene rings is 1. The van der Waals surface area contributed by atoms with E-state index in [2.05, 4.69) is 25.0 Å². The van der Waals surface area contributed by atoms with Gasteiger partial charge in [-0.25, -0.2) is 23.1 Å². The molecule has 0 unspecified atom stereocenters. The Bertz CT molecular complexity index is 1120. The summed E-state index contributed by atoms with van der Waals surface area (Å²) in [5.41, 5.74) is 1.65. The van der Waals surface area contributed by atoms with E-state index in [9.17, 15) is 13.2 Å². The fourth-order valence-electron chi connectivity index (χ4n) is 2.47. The number of anilines is 1. The molecule has 3 aromatic rings. The van der Waals surface area contributed by atoms with Crippen molar-refractivity contribution in [3.8, 4) is 0 Å². The normalized spacial score (nSPS) is 11.7. The minimum Gasteiger partial charge on any atom is -0.333 e. The van der Waals surface area contributed by atoms with Gasteiger partial charge in [0.25, 0.3) is 0 Å². The van der Waals surface area contributed by atoms with Gasteiger partial charge < -0.3 is 10.3 Å². The number of imidazole rings is 1. The third-order valence-corrected chi connectivity index (χ3v) is 6.57. The molecule has 0 saturated carbocycles. The molecule has 29 heavy (non-hydrogen) atoms. The topological polar surface area (TPSA) is 117 Å². The average molecular weight is 454 g/mol. The van der Waals surface area contributed by atoms with Gasteiger partial charge in [-0.3, -0.25) is 4.79 Å². The van der Waals surface area contributed by atoms with Crippen LogP contribution in [0.1, 0.15) is 19.8 Å².